The van der Waals surface area contributed by atoms with Gasteiger partial charge in [-0.25, -0.2) is 0 Å². The highest BCUT2D eigenvalue weighted by Gasteiger charge is 2.22. The maximum absolute atomic E-state index is 13.2. The van der Waals surface area contributed by atoms with Crippen LogP contribution in [0, 0.1) is 0 Å². The molecule has 0 spiro atoms. The minimum atomic E-state index is 0.00882. The van der Waals surface area contributed by atoms with E-state index in [0.717, 1.165) is 35.7 Å². The van der Waals surface area contributed by atoms with Crippen molar-refractivity contribution in [3.8, 4) is 0 Å². The molecular formula is C26H24ClN3O2. The van der Waals surface area contributed by atoms with Gasteiger partial charge >= 0.3 is 0 Å². The Morgan fingerprint density at radius 3 is 2.06 bits per heavy atom. The zero-order chi connectivity index (χ0) is 22.1. The number of hydrogen-bond donors (Lipinski definition) is 0. The van der Waals surface area contributed by atoms with Crippen LogP contribution in [0.25, 0.3) is 21.8 Å². The van der Waals surface area contributed by atoms with E-state index in [2.05, 4.69) is 11.0 Å². The van der Waals surface area contributed by atoms with Crippen molar-refractivity contribution < 1.29 is 4.79 Å². The number of amides is 1. The van der Waals surface area contributed by atoms with E-state index in [1.54, 1.807) is 0 Å². The predicted molar refractivity (Wildman–Crippen MR) is 129 cm³/mol. The van der Waals surface area contributed by atoms with Crippen molar-refractivity contribution in [2.24, 2.45) is 0 Å². The highest BCUT2D eigenvalue weighted by molar-refractivity contribution is 6.30. The third kappa shape index (κ3) is 4.01. The number of rotatable bonds is 4. The van der Waals surface area contributed by atoms with Crippen LogP contribution in [-0.2, 0) is 17.9 Å². The van der Waals surface area contributed by atoms with E-state index in [1.807, 2.05) is 76.2 Å². The van der Waals surface area contributed by atoms with Crippen molar-refractivity contribution in [2.45, 2.75) is 13.1 Å². The van der Waals surface area contributed by atoms with Gasteiger partial charge in [-0.3, -0.25) is 14.5 Å². The van der Waals surface area contributed by atoms with Crippen molar-refractivity contribution in [2.75, 3.05) is 26.2 Å². The summed E-state index contributed by atoms with van der Waals surface area (Å²) in [7, 11) is 0. The molecule has 0 unspecified atom stereocenters. The Morgan fingerprint density at radius 1 is 0.812 bits per heavy atom. The Hall–Kier alpha value is -3.15. The topological polar surface area (TPSA) is 45.6 Å². The van der Waals surface area contributed by atoms with Crippen LogP contribution in [-0.4, -0.2) is 46.5 Å². The number of para-hydroxylation sites is 2. The number of pyridine rings is 1. The monoisotopic (exact) mass is 445 g/mol. The molecule has 32 heavy (non-hydrogen) atoms. The summed E-state index contributed by atoms with van der Waals surface area (Å²) < 4.78 is 1.98. The van der Waals surface area contributed by atoms with Crippen molar-refractivity contribution in [1.82, 2.24) is 14.4 Å². The normalized spacial score (nSPS) is 14.8. The SMILES string of the molecule is O=C(Cn1c2ccccc2c(=O)c2ccccc21)N1CCN(Cc2cccc(Cl)c2)CC1. The molecule has 4 aromatic rings. The number of benzene rings is 3. The van der Waals surface area contributed by atoms with Crippen LogP contribution in [0.1, 0.15) is 5.56 Å². The van der Waals surface area contributed by atoms with Gasteiger partial charge in [-0.05, 0) is 42.0 Å². The maximum atomic E-state index is 13.2. The fourth-order valence-corrected chi connectivity index (χ4v) is 4.74. The highest BCUT2D eigenvalue weighted by Crippen LogP contribution is 2.20. The first-order valence-corrected chi connectivity index (χ1v) is 11.2. The molecule has 0 atom stereocenters. The Morgan fingerprint density at radius 2 is 1.44 bits per heavy atom. The summed E-state index contributed by atoms with van der Waals surface area (Å²) >= 11 is 6.10. The quantitative estimate of drug-likeness (QED) is 0.443. The van der Waals surface area contributed by atoms with E-state index in [4.69, 9.17) is 11.6 Å². The van der Waals surface area contributed by atoms with Crippen LogP contribution in [0.15, 0.2) is 77.6 Å². The summed E-state index contributed by atoms with van der Waals surface area (Å²) in [5, 5.41) is 2.03. The van der Waals surface area contributed by atoms with Crippen LogP contribution in [0.5, 0.6) is 0 Å². The van der Waals surface area contributed by atoms with Crippen LogP contribution < -0.4 is 5.43 Å². The molecule has 0 saturated carbocycles. The first kappa shape index (κ1) is 20.7. The molecule has 5 nitrogen and oxygen atoms in total. The van der Waals surface area contributed by atoms with Crippen molar-refractivity contribution in [3.63, 3.8) is 0 Å². The first-order valence-electron chi connectivity index (χ1n) is 10.8. The largest absolute Gasteiger partial charge is 0.339 e. The van der Waals surface area contributed by atoms with Crippen LogP contribution in [0.3, 0.4) is 0 Å². The summed E-state index contributed by atoms with van der Waals surface area (Å²) in [6.07, 6.45) is 0. The molecule has 6 heteroatoms. The molecule has 3 aromatic carbocycles. The average molecular weight is 446 g/mol. The number of carbonyl (C=O) groups is 1. The van der Waals surface area contributed by atoms with E-state index in [0.29, 0.717) is 23.9 Å². The van der Waals surface area contributed by atoms with Crippen molar-refractivity contribution >= 4 is 39.3 Å². The van der Waals surface area contributed by atoms with E-state index >= 15 is 0 Å². The third-order valence-electron chi connectivity index (χ3n) is 6.19. The molecule has 1 aliphatic heterocycles. The molecule has 5 rings (SSSR count). The van der Waals surface area contributed by atoms with E-state index in [9.17, 15) is 9.59 Å². The van der Waals surface area contributed by atoms with Gasteiger partial charge < -0.3 is 9.47 Å². The molecule has 162 valence electrons. The smallest absolute Gasteiger partial charge is 0.242 e. The molecule has 0 bridgehead atoms. The average Bonchev–Trinajstić information content (AvgIpc) is 2.82. The highest BCUT2D eigenvalue weighted by atomic mass is 35.5. The van der Waals surface area contributed by atoms with Gasteiger partial charge in [0.05, 0.1) is 11.0 Å². The van der Waals surface area contributed by atoms with Gasteiger partial charge in [-0.1, -0.05) is 48.0 Å². The Labute approximate surface area is 191 Å². The molecule has 1 amide bonds. The summed E-state index contributed by atoms with van der Waals surface area (Å²) in [6, 6.07) is 23.0. The standard InChI is InChI=1S/C26H24ClN3O2/c27-20-7-5-6-19(16-20)17-28-12-14-29(15-13-28)25(31)18-30-23-10-3-1-8-21(23)26(32)22-9-2-4-11-24(22)30/h1-11,16H,12-15,17-18H2. The van der Waals surface area contributed by atoms with E-state index in [-0.39, 0.29) is 17.9 Å². The Bertz CT molecular complexity index is 1300. The molecule has 1 aliphatic rings. The molecule has 0 aliphatic carbocycles. The molecule has 2 heterocycles. The van der Waals surface area contributed by atoms with Crippen molar-refractivity contribution in [1.29, 1.82) is 0 Å². The zero-order valence-electron chi connectivity index (χ0n) is 17.7. The fourth-order valence-electron chi connectivity index (χ4n) is 4.53. The number of hydrogen-bond acceptors (Lipinski definition) is 3. The predicted octanol–water partition coefficient (Wildman–Crippen LogP) is 4.15. The zero-order valence-corrected chi connectivity index (χ0v) is 18.5. The van der Waals surface area contributed by atoms with Gasteiger partial charge in [0.1, 0.15) is 6.54 Å². The fraction of sp³-hybridized carbons (Fsp3) is 0.231. The number of carbonyl (C=O) groups excluding carboxylic acids is 1. The maximum Gasteiger partial charge on any atom is 0.242 e. The molecule has 1 saturated heterocycles. The lowest BCUT2D eigenvalue weighted by atomic mass is 10.1. The molecule has 0 radical (unpaired) electrons. The van der Waals surface area contributed by atoms with Gasteiger partial charge in [0, 0.05) is 48.5 Å². The lowest BCUT2D eigenvalue weighted by Crippen LogP contribution is -2.49. The minimum Gasteiger partial charge on any atom is -0.339 e. The number of halogens is 1. The second-order valence-corrected chi connectivity index (χ2v) is 8.67. The number of nitrogens with zero attached hydrogens (tertiary/aromatic N) is 3. The molecule has 1 aromatic heterocycles. The first-order chi connectivity index (χ1) is 15.6. The number of piperazine rings is 1. The van der Waals surface area contributed by atoms with Crippen molar-refractivity contribution in [3.05, 3.63) is 93.6 Å². The third-order valence-corrected chi connectivity index (χ3v) is 6.43. The lowest BCUT2D eigenvalue weighted by molar-refractivity contribution is -0.133. The van der Waals surface area contributed by atoms with Crippen LogP contribution in [0.4, 0.5) is 0 Å². The Balaban J connectivity index is 1.34. The number of aromatic nitrogens is 1. The summed E-state index contributed by atoms with van der Waals surface area (Å²) in [5.74, 6) is 0.0753. The summed E-state index contributed by atoms with van der Waals surface area (Å²) in [6.45, 7) is 4.08. The molecule has 1 fully saturated rings. The summed E-state index contributed by atoms with van der Waals surface area (Å²) in [4.78, 5) is 30.4. The second kappa shape index (κ2) is 8.77. The van der Waals surface area contributed by atoms with Crippen LogP contribution >= 0.6 is 11.6 Å². The van der Waals surface area contributed by atoms with Gasteiger partial charge in [0.25, 0.3) is 0 Å². The van der Waals surface area contributed by atoms with Gasteiger partial charge in [-0.15, -0.1) is 0 Å². The van der Waals surface area contributed by atoms with E-state index in [1.165, 1.54) is 5.56 Å². The molecule has 0 N–H and O–H groups in total. The van der Waals surface area contributed by atoms with Gasteiger partial charge in [0.2, 0.25) is 5.91 Å². The van der Waals surface area contributed by atoms with Gasteiger partial charge in [0.15, 0.2) is 5.43 Å². The van der Waals surface area contributed by atoms with Crippen LogP contribution in [0.2, 0.25) is 5.02 Å². The molecular weight excluding hydrogens is 422 g/mol. The van der Waals surface area contributed by atoms with E-state index < -0.39 is 0 Å². The second-order valence-electron chi connectivity index (χ2n) is 8.24. The lowest BCUT2D eigenvalue weighted by Gasteiger charge is -2.35. The summed E-state index contributed by atoms with van der Waals surface area (Å²) in [5.41, 5.74) is 2.78. The van der Waals surface area contributed by atoms with Gasteiger partial charge in [-0.2, -0.15) is 0 Å². The number of fused-ring (bicyclic) bond motifs is 2. The minimum absolute atomic E-state index is 0.00882. The Kier molecular flexibility index (Phi) is 5.68.